The monoisotopic (exact) mass is 566 g/mol. The lowest BCUT2D eigenvalue weighted by Crippen LogP contribution is -2.43. The normalized spacial score (nSPS) is 12.1. The molecule has 0 aliphatic carbocycles. The molecule has 33 heavy (non-hydrogen) atoms. The highest BCUT2D eigenvalue weighted by Gasteiger charge is 2.14. The third kappa shape index (κ3) is 7.69. The van der Waals surface area contributed by atoms with E-state index in [0.717, 1.165) is 30.2 Å². The van der Waals surface area contributed by atoms with Crippen LogP contribution in [0.2, 0.25) is 0 Å². The molecule has 9 heteroatoms. The van der Waals surface area contributed by atoms with Crippen molar-refractivity contribution in [2.24, 2.45) is 12.0 Å². The number of nitrogens with zero attached hydrogens (tertiary/aromatic N) is 4. The average molecular weight is 566 g/mol. The Balaban J connectivity index is 0.00000385. The molecule has 0 aliphatic heterocycles. The molecule has 2 N–H and O–H groups in total. The van der Waals surface area contributed by atoms with Crippen LogP contribution in [0.4, 0.5) is 4.39 Å². The van der Waals surface area contributed by atoms with Crippen molar-refractivity contribution in [2.75, 3.05) is 6.54 Å². The Labute approximate surface area is 211 Å². The van der Waals surface area contributed by atoms with E-state index in [1.54, 1.807) is 24.4 Å². The fourth-order valence-corrected chi connectivity index (χ4v) is 3.38. The van der Waals surface area contributed by atoms with Crippen molar-refractivity contribution < 1.29 is 9.13 Å². The van der Waals surface area contributed by atoms with Crippen molar-refractivity contribution in [1.82, 2.24) is 25.4 Å². The molecule has 7 nitrogen and oxygen atoms in total. The largest absolute Gasteiger partial charge is 0.439 e. The predicted octanol–water partition coefficient (Wildman–Crippen LogP) is 4.67. The first kappa shape index (κ1) is 26.6. The molecule has 178 valence electrons. The highest BCUT2D eigenvalue weighted by Crippen LogP contribution is 2.19. The highest BCUT2D eigenvalue weighted by atomic mass is 127. The van der Waals surface area contributed by atoms with Crippen LogP contribution in [0.15, 0.2) is 47.6 Å². The molecule has 0 saturated carbocycles. The van der Waals surface area contributed by atoms with E-state index >= 15 is 0 Å². The van der Waals surface area contributed by atoms with Crippen LogP contribution in [0, 0.1) is 19.7 Å². The number of aryl methyl sites for hydroxylation is 2. The molecule has 1 unspecified atom stereocenters. The zero-order chi connectivity index (χ0) is 23.1. The van der Waals surface area contributed by atoms with Gasteiger partial charge >= 0.3 is 0 Å². The van der Waals surface area contributed by atoms with Gasteiger partial charge in [0, 0.05) is 37.6 Å². The van der Waals surface area contributed by atoms with Gasteiger partial charge in [-0.1, -0.05) is 6.07 Å². The summed E-state index contributed by atoms with van der Waals surface area (Å²) in [6.45, 7) is 9.58. The molecular formula is C24H32FIN6O. The summed E-state index contributed by atoms with van der Waals surface area (Å²) in [5, 5.41) is 11.3. The molecule has 0 amide bonds. The predicted molar refractivity (Wildman–Crippen MR) is 140 cm³/mol. The van der Waals surface area contributed by atoms with Gasteiger partial charge in [-0.15, -0.1) is 24.0 Å². The Morgan fingerprint density at radius 1 is 1.18 bits per heavy atom. The minimum absolute atomic E-state index is 0. The summed E-state index contributed by atoms with van der Waals surface area (Å²) in [5.41, 5.74) is 4.48. The minimum atomic E-state index is -0.302. The fourth-order valence-electron chi connectivity index (χ4n) is 3.38. The van der Waals surface area contributed by atoms with Gasteiger partial charge in [-0.2, -0.15) is 5.10 Å². The molecule has 3 aromatic rings. The number of halogens is 2. The molecule has 0 fully saturated rings. The maximum atomic E-state index is 13.0. The molecular weight excluding hydrogens is 534 g/mol. The topological polar surface area (TPSA) is 76.4 Å². The van der Waals surface area contributed by atoms with E-state index in [0.29, 0.717) is 18.2 Å². The van der Waals surface area contributed by atoms with E-state index in [-0.39, 0.29) is 35.8 Å². The lowest BCUT2D eigenvalue weighted by Gasteiger charge is -2.18. The molecule has 0 saturated heterocycles. The molecule has 0 bridgehead atoms. The maximum Gasteiger partial charge on any atom is 0.219 e. The molecule has 3 rings (SSSR count). The molecule has 0 spiro atoms. The standard InChI is InChI=1S/C24H31FN6O.HI/c1-6-26-24(29-16(2)13-22-17(3)30-31(5)18(22)4)28-15-19-7-12-23(27-14-19)32-21-10-8-20(25)9-11-21;/h7-12,14,16H,6,13,15H2,1-5H3,(H2,26,28,29);1H. The van der Waals surface area contributed by atoms with Gasteiger partial charge in [0.25, 0.3) is 0 Å². The fraction of sp³-hybridized carbons (Fsp3) is 0.375. The summed E-state index contributed by atoms with van der Waals surface area (Å²) in [5.74, 6) is 1.44. The van der Waals surface area contributed by atoms with E-state index in [9.17, 15) is 4.39 Å². The summed E-state index contributed by atoms with van der Waals surface area (Å²) >= 11 is 0. The first-order valence-corrected chi connectivity index (χ1v) is 10.8. The van der Waals surface area contributed by atoms with Crippen LogP contribution in [-0.4, -0.2) is 33.3 Å². The van der Waals surface area contributed by atoms with Gasteiger partial charge in [0.2, 0.25) is 5.88 Å². The number of rotatable bonds is 8. The van der Waals surface area contributed by atoms with Gasteiger partial charge in [-0.05, 0) is 69.5 Å². The van der Waals surface area contributed by atoms with Crippen molar-refractivity contribution in [3.05, 3.63) is 70.9 Å². The molecule has 1 atom stereocenters. The van der Waals surface area contributed by atoms with E-state index in [4.69, 9.17) is 4.74 Å². The Morgan fingerprint density at radius 3 is 2.48 bits per heavy atom. The van der Waals surface area contributed by atoms with Crippen molar-refractivity contribution in [2.45, 2.75) is 46.7 Å². The second-order valence-corrected chi connectivity index (χ2v) is 7.78. The number of ether oxygens (including phenoxy) is 1. The van der Waals surface area contributed by atoms with Crippen molar-refractivity contribution >= 4 is 29.9 Å². The number of pyridine rings is 1. The number of aliphatic imine (C=N–C) groups is 1. The highest BCUT2D eigenvalue weighted by molar-refractivity contribution is 14.0. The molecule has 2 heterocycles. The molecule has 0 aliphatic rings. The van der Waals surface area contributed by atoms with Crippen LogP contribution >= 0.6 is 24.0 Å². The zero-order valence-electron chi connectivity index (χ0n) is 19.7. The number of nitrogens with one attached hydrogen (secondary N) is 2. The van der Waals surface area contributed by atoms with Gasteiger partial charge in [-0.3, -0.25) is 4.68 Å². The second-order valence-electron chi connectivity index (χ2n) is 7.78. The first-order chi connectivity index (χ1) is 15.4. The van der Waals surface area contributed by atoms with Crippen LogP contribution < -0.4 is 15.4 Å². The Hall–Kier alpha value is -2.69. The molecule has 2 aromatic heterocycles. The molecule has 0 radical (unpaired) electrons. The third-order valence-electron chi connectivity index (χ3n) is 5.15. The van der Waals surface area contributed by atoms with E-state index < -0.39 is 0 Å². The van der Waals surface area contributed by atoms with Gasteiger partial charge in [0.05, 0.1) is 12.2 Å². The van der Waals surface area contributed by atoms with Crippen molar-refractivity contribution in [3.63, 3.8) is 0 Å². The third-order valence-corrected chi connectivity index (χ3v) is 5.15. The SMILES string of the molecule is CCNC(=NCc1ccc(Oc2ccc(F)cc2)nc1)NC(C)Cc1c(C)nn(C)c1C.I. The van der Waals surface area contributed by atoms with Gasteiger partial charge in [0.1, 0.15) is 11.6 Å². The van der Waals surface area contributed by atoms with Gasteiger partial charge in [0.15, 0.2) is 5.96 Å². The van der Waals surface area contributed by atoms with E-state index in [1.807, 2.05) is 31.6 Å². The van der Waals surface area contributed by atoms with Gasteiger partial charge < -0.3 is 15.4 Å². The number of benzene rings is 1. The number of hydrogen-bond acceptors (Lipinski definition) is 4. The van der Waals surface area contributed by atoms with Crippen LogP contribution in [0.3, 0.4) is 0 Å². The minimum Gasteiger partial charge on any atom is -0.439 e. The Bertz CT molecular complexity index is 1050. The van der Waals surface area contributed by atoms with Crippen LogP contribution in [0.5, 0.6) is 11.6 Å². The summed E-state index contributed by atoms with van der Waals surface area (Å²) in [7, 11) is 1.97. The Kier molecular flexibility index (Phi) is 10.1. The Morgan fingerprint density at radius 2 is 1.91 bits per heavy atom. The zero-order valence-corrected chi connectivity index (χ0v) is 22.1. The number of hydrogen-bond donors (Lipinski definition) is 2. The average Bonchev–Trinajstić information content (AvgIpc) is 3.00. The van der Waals surface area contributed by atoms with Crippen molar-refractivity contribution in [3.8, 4) is 11.6 Å². The smallest absolute Gasteiger partial charge is 0.219 e. The first-order valence-electron chi connectivity index (χ1n) is 10.8. The quantitative estimate of drug-likeness (QED) is 0.236. The van der Waals surface area contributed by atoms with E-state index in [2.05, 4.69) is 39.6 Å². The van der Waals surface area contributed by atoms with E-state index in [1.165, 1.54) is 23.4 Å². The number of aromatic nitrogens is 3. The molecule has 1 aromatic carbocycles. The maximum absolute atomic E-state index is 13.0. The lowest BCUT2D eigenvalue weighted by molar-refractivity contribution is 0.461. The van der Waals surface area contributed by atoms with Gasteiger partial charge in [-0.25, -0.2) is 14.4 Å². The van der Waals surface area contributed by atoms with Crippen LogP contribution in [0.1, 0.15) is 36.4 Å². The van der Waals surface area contributed by atoms with Crippen LogP contribution in [0.25, 0.3) is 0 Å². The second kappa shape index (κ2) is 12.5. The summed E-state index contributed by atoms with van der Waals surface area (Å²) < 4.78 is 20.6. The summed E-state index contributed by atoms with van der Waals surface area (Å²) in [4.78, 5) is 9.01. The van der Waals surface area contributed by atoms with Crippen molar-refractivity contribution in [1.29, 1.82) is 0 Å². The van der Waals surface area contributed by atoms with Crippen LogP contribution in [-0.2, 0) is 20.0 Å². The number of guanidine groups is 1. The summed E-state index contributed by atoms with van der Waals surface area (Å²) in [6, 6.07) is 9.74. The summed E-state index contributed by atoms with van der Waals surface area (Å²) in [6.07, 6.45) is 2.60. The lowest BCUT2D eigenvalue weighted by atomic mass is 10.1.